The van der Waals surface area contributed by atoms with Crippen LogP contribution in [0.15, 0.2) is 29.4 Å². The van der Waals surface area contributed by atoms with Gasteiger partial charge in [-0.1, -0.05) is 18.7 Å². The van der Waals surface area contributed by atoms with Gasteiger partial charge in [-0.3, -0.25) is 14.3 Å². The zero-order valence-electron chi connectivity index (χ0n) is 15.9. The number of aromatic nitrogens is 3. The maximum Gasteiger partial charge on any atom is 0.230 e. The van der Waals surface area contributed by atoms with E-state index in [1.165, 1.54) is 23.9 Å². The number of halogens is 1. The highest BCUT2D eigenvalue weighted by Crippen LogP contribution is 2.26. The number of nitrogens with zero attached hydrogens (tertiary/aromatic N) is 4. The van der Waals surface area contributed by atoms with E-state index < -0.39 is 0 Å². The second-order valence-corrected chi connectivity index (χ2v) is 7.40. The van der Waals surface area contributed by atoms with Gasteiger partial charge in [0.15, 0.2) is 11.0 Å². The number of carbonyl (C=O) groups is 1. The van der Waals surface area contributed by atoms with Crippen molar-refractivity contribution in [2.45, 2.75) is 44.4 Å². The molecule has 0 aliphatic rings. The SMILES string of the molecule is CC[C@@H](C)NC(=O)CSc1nnc([C@H](C)N(C)C)n1-c1ccc(F)cc1. The average Bonchev–Trinajstić information content (AvgIpc) is 3.03. The third-order valence-corrected chi connectivity index (χ3v) is 5.17. The van der Waals surface area contributed by atoms with E-state index in [1.807, 2.05) is 44.3 Å². The van der Waals surface area contributed by atoms with Crippen LogP contribution in [0, 0.1) is 5.82 Å². The third-order valence-electron chi connectivity index (χ3n) is 4.24. The van der Waals surface area contributed by atoms with Gasteiger partial charge in [0.1, 0.15) is 5.82 Å². The van der Waals surface area contributed by atoms with Gasteiger partial charge in [0, 0.05) is 11.7 Å². The minimum atomic E-state index is -0.300. The summed E-state index contributed by atoms with van der Waals surface area (Å²) in [6.45, 7) is 6.02. The van der Waals surface area contributed by atoms with Crippen molar-refractivity contribution in [2.75, 3.05) is 19.8 Å². The molecule has 1 amide bonds. The molecule has 1 heterocycles. The van der Waals surface area contributed by atoms with Crippen molar-refractivity contribution < 1.29 is 9.18 Å². The summed E-state index contributed by atoms with van der Waals surface area (Å²) in [6, 6.07) is 6.34. The van der Waals surface area contributed by atoms with Gasteiger partial charge in [0.25, 0.3) is 0 Å². The average molecular weight is 380 g/mol. The van der Waals surface area contributed by atoms with Crippen LogP contribution in [0.3, 0.4) is 0 Å². The van der Waals surface area contributed by atoms with Gasteiger partial charge >= 0.3 is 0 Å². The molecule has 0 fully saturated rings. The van der Waals surface area contributed by atoms with Gasteiger partial charge in [-0.15, -0.1) is 10.2 Å². The molecular weight excluding hydrogens is 353 g/mol. The van der Waals surface area contributed by atoms with E-state index in [0.29, 0.717) is 5.16 Å². The lowest BCUT2D eigenvalue weighted by Crippen LogP contribution is -2.33. The van der Waals surface area contributed by atoms with Gasteiger partial charge in [0.05, 0.1) is 11.8 Å². The van der Waals surface area contributed by atoms with E-state index >= 15 is 0 Å². The number of hydrogen-bond acceptors (Lipinski definition) is 5. The molecule has 8 heteroatoms. The van der Waals surface area contributed by atoms with Crippen LogP contribution < -0.4 is 5.32 Å². The first kappa shape index (κ1) is 20.4. The van der Waals surface area contributed by atoms with Crippen molar-refractivity contribution in [1.29, 1.82) is 0 Å². The van der Waals surface area contributed by atoms with Crippen LogP contribution in [0.25, 0.3) is 5.69 Å². The fourth-order valence-electron chi connectivity index (χ4n) is 2.26. The first-order valence-electron chi connectivity index (χ1n) is 8.63. The molecule has 142 valence electrons. The molecule has 26 heavy (non-hydrogen) atoms. The maximum atomic E-state index is 13.3. The molecule has 0 saturated heterocycles. The number of benzene rings is 1. The van der Waals surface area contributed by atoms with Crippen LogP contribution >= 0.6 is 11.8 Å². The summed E-state index contributed by atoms with van der Waals surface area (Å²) in [4.78, 5) is 14.1. The normalized spacial score (nSPS) is 13.7. The number of nitrogens with one attached hydrogen (secondary N) is 1. The van der Waals surface area contributed by atoms with Crippen LogP contribution in [0.2, 0.25) is 0 Å². The Balaban J connectivity index is 2.28. The minimum absolute atomic E-state index is 0.0100. The molecule has 2 rings (SSSR count). The lowest BCUT2D eigenvalue weighted by molar-refractivity contribution is -0.119. The summed E-state index contributed by atoms with van der Waals surface area (Å²) in [6.07, 6.45) is 0.882. The summed E-state index contributed by atoms with van der Waals surface area (Å²) >= 11 is 1.32. The molecule has 0 spiro atoms. The summed E-state index contributed by atoms with van der Waals surface area (Å²) in [5, 5.41) is 12.1. The van der Waals surface area contributed by atoms with Crippen molar-refractivity contribution in [2.24, 2.45) is 0 Å². The molecule has 0 saturated carbocycles. The van der Waals surface area contributed by atoms with Crippen LogP contribution in [0.5, 0.6) is 0 Å². The molecule has 0 radical (unpaired) electrons. The third kappa shape index (κ3) is 5.04. The predicted octanol–water partition coefficient (Wildman–Crippen LogP) is 3.04. The molecule has 0 unspecified atom stereocenters. The molecule has 2 aromatic rings. The highest BCUT2D eigenvalue weighted by Gasteiger charge is 2.21. The van der Waals surface area contributed by atoms with E-state index in [9.17, 15) is 9.18 Å². The topological polar surface area (TPSA) is 63.1 Å². The van der Waals surface area contributed by atoms with Crippen molar-refractivity contribution in [3.63, 3.8) is 0 Å². The molecule has 0 aliphatic carbocycles. The first-order chi connectivity index (χ1) is 12.3. The van der Waals surface area contributed by atoms with Gasteiger partial charge in [-0.2, -0.15) is 0 Å². The Morgan fingerprint density at radius 3 is 2.50 bits per heavy atom. The number of carbonyl (C=O) groups excluding carboxylic acids is 1. The quantitative estimate of drug-likeness (QED) is 0.715. The van der Waals surface area contributed by atoms with Gasteiger partial charge in [-0.25, -0.2) is 4.39 Å². The van der Waals surface area contributed by atoms with Crippen molar-refractivity contribution in [3.8, 4) is 5.69 Å². The monoisotopic (exact) mass is 379 g/mol. The van der Waals surface area contributed by atoms with E-state index in [0.717, 1.165) is 17.9 Å². The smallest absolute Gasteiger partial charge is 0.230 e. The Bertz CT molecular complexity index is 732. The standard InChI is InChI=1S/C18H26FN5OS/c1-6-12(2)20-16(25)11-26-18-22-21-17(13(3)23(4)5)24(18)15-9-7-14(19)8-10-15/h7-10,12-13H,6,11H2,1-5H3,(H,20,25)/t12-,13+/m1/s1. The highest BCUT2D eigenvalue weighted by atomic mass is 32.2. The van der Waals surface area contributed by atoms with Crippen LogP contribution in [-0.4, -0.2) is 51.5 Å². The van der Waals surface area contributed by atoms with Gasteiger partial charge in [-0.05, 0) is 58.6 Å². The van der Waals surface area contributed by atoms with E-state index in [1.54, 1.807) is 12.1 Å². The summed E-state index contributed by atoms with van der Waals surface area (Å²) in [7, 11) is 3.92. The Labute approximate surface area is 158 Å². The van der Waals surface area contributed by atoms with E-state index in [4.69, 9.17) is 0 Å². The lowest BCUT2D eigenvalue weighted by atomic mass is 10.2. The molecule has 1 aromatic carbocycles. The summed E-state index contributed by atoms with van der Waals surface area (Å²) < 4.78 is 15.2. The second kappa shape index (κ2) is 9.14. The minimum Gasteiger partial charge on any atom is -0.353 e. The summed E-state index contributed by atoms with van der Waals surface area (Å²) in [5.41, 5.74) is 0.768. The fraction of sp³-hybridized carbons (Fsp3) is 0.500. The highest BCUT2D eigenvalue weighted by molar-refractivity contribution is 7.99. The molecule has 0 bridgehead atoms. The Morgan fingerprint density at radius 2 is 1.92 bits per heavy atom. The van der Waals surface area contributed by atoms with Crippen molar-refractivity contribution >= 4 is 17.7 Å². The Kier molecular flexibility index (Phi) is 7.16. The van der Waals surface area contributed by atoms with Crippen LogP contribution in [-0.2, 0) is 4.79 Å². The number of amides is 1. The zero-order chi connectivity index (χ0) is 19.3. The summed E-state index contributed by atoms with van der Waals surface area (Å²) in [5.74, 6) is 0.651. The van der Waals surface area contributed by atoms with Crippen LogP contribution in [0.1, 0.15) is 39.1 Å². The number of thioether (sulfide) groups is 1. The van der Waals surface area contributed by atoms with Gasteiger partial charge < -0.3 is 5.32 Å². The van der Waals surface area contributed by atoms with E-state index in [2.05, 4.69) is 15.5 Å². The first-order valence-corrected chi connectivity index (χ1v) is 9.61. The second-order valence-electron chi connectivity index (χ2n) is 6.46. The number of hydrogen-bond donors (Lipinski definition) is 1. The van der Waals surface area contributed by atoms with Crippen LogP contribution in [0.4, 0.5) is 4.39 Å². The van der Waals surface area contributed by atoms with Gasteiger partial charge in [0.2, 0.25) is 5.91 Å². The molecular formula is C18H26FN5OS. The van der Waals surface area contributed by atoms with Crippen molar-refractivity contribution in [1.82, 2.24) is 25.0 Å². The molecule has 1 N–H and O–H groups in total. The van der Waals surface area contributed by atoms with E-state index in [-0.39, 0.29) is 29.6 Å². The predicted molar refractivity (Wildman–Crippen MR) is 102 cm³/mol. The molecule has 6 nitrogen and oxygen atoms in total. The lowest BCUT2D eigenvalue weighted by Gasteiger charge is -2.20. The maximum absolute atomic E-state index is 13.3. The molecule has 1 aromatic heterocycles. The Hall–Kier alpha value is -1.93. The fourth-order valence-corrected chi connectivity index (χ4v) is 3.03. The molecule has 0 aliphatic heterocycles. The van der Waals surface area contributed by atoms with Crippen molar-refractivity contribution in [3.05, 3.63) is 35.9 Å². The molecule has 2 atom stereocenters. The zero-order valence-corrected chi connectivity index (χ0v) is 16.7. The Morgan fingerprint density at radius 1 is 1.27 bits per heavy atom. The largest absolute Gasteiger partial charge is 0.353 e. The number of rotatable bonds is 8.